The third-order valence-corrected chi connectivity index (χ3v) is 4.38. The molecule has 0 aliphatic rings. The second-order valence-electron chi connectivity index (χ2n) is 4.51. The fraction of sp³-hybridized carbons (Fsp3) is 0.0667. The number of nitrogens with zero attached hydrogens (tertiary/aromatic N) is 3. The molecule has 0 spiro atoms. The predicted octanol–water partition coefficient (Wildman–Crippen LogP) is 4.50. The van der Waals surface area contributed by atoms with E-state index in [1.165, 1.54) is 12.1 Å². The molecule has 0 N–H and O–H groups in total. The van der Waals surface area contributed by atoms with Crippen molar-refractivity contribution < 1.29 is 4.39 Å². The normalized spacial score (nSPS) is 10.8. The van der Waals surface area contributed by atoms with Crippen LogP contribution in [0.1, 0.15) is 5.56 Å². The van der Waals surface area contributed by atoms with Gasteiger partial charge in [0.2, 0.25) is 0 Å². The van der Waals surface area contributed by atoms with E-state index in [1.54, 1.807) is 17.1 Å². The van der Waals surface area contributed by atoms with Gasteiger partial charge in [0.15, 0.2) is 5.82 Å². The fourth-order valence-corrected chi connectivity index (χ4v) is 2.97. The Morgan fingerprint density at radius 1 is 1.19 bits per heavy atom. The van der Waals surface area contributed by atoms with E-state index in [9.17, 15) is 4.39 Å². The molecule has 0 radical (unpaired) electrons. The number of halogens is 3. The second kappa shape index (κ2) is 6.23. The van der Waals surface area contributed by atoms with Crippen LogP contribution >= 0.6 is 38.5 Å². The van der Waals surface area contributed by atoms with E-state index in [0.717, 1.165) is 19.2 Å². The highest BCUT2D eigenvalue weighted by molar-refractivity contribution is 14.1. The summed E-state index contributed by atoms with van der Waals surface area (Å²) in [6, 6.07) is 12.7. The van der Waals surface area contributed by atoms with Crippen LogP contribution in [0.2, 0.25) is 0 Å². The molecule has 0 bridgehead atoms. The van der Waals surface area contributed by atoms with Crippen LogP contribution in [0.4, 0.5) is 4.39 Å². The molecular formula is C15H10BrFIN3. The summed E-state index contributed by atoms with van der Waals surface area (Å²) in [5.74, 6) is 0.426. The minimum Gasteiger partial charge on any atom is -0.248 e. The number of aromatic nitrogens is 3. The first-order valence-corrected chi connectivity index (χ1v) is 8.08. The molecule has 0 aliphatic heterocycles. The molecule has 3 aromatic rings. The van der Waals surface area contributed by atoms with E-state index >= 15 is 0 Å². The first kappa shape index (κ1) is 14.6. The Hall–Kier alpha value is -1.28. The quantitative estimate of drug-likeness (QED) is 0.542. The number of hydrogen-bond donors (Lipinski definition) is 0. The lowest BCUT2D eigenvalue weighted by molar-refractivity contribution is 0.623. The molecule has 1 aromatic heterocycles. The molecule has 21 heavy (non-hydrogen) atoms. The first-order valence-electron chi connectivity index (χ1n) is 6.21. The highest BCUT2D eigenvalue weighted by atomic mass is 127. The standard InChI is InChI=1S/C15H10BrFIN3/c16-14-7-12(17)5-4-11(14)8-21-9-19-15(20-21)10-2-1-3-13(18)6-10/h1-7,9H,8H2. The molecule has 3 nitrogen and oxygen atoms in total. The van der Waals surface area contributed by atoms with Crippen molar-refractivity contribution >= 4 is 38.5 Å². The van der Waals surface area contributed by atoms with Gasteiger partial charge in [-0.2, -0.15) is 5.10 Å². The predicted molar refractivity (Wildman–Crippen MR) is 91.4 cm³/mol. The van der Waals surface area contributed by atoms with Crippen LogP contribution in [0.15, 0.2) is 53.3 Å². The lowest BCUT2D eigenvalue weighted by atomic mass is 10.2. The number of benzene rings is 2. The van der Waals surface area contributed by atoms with E-state index < -0.39 is 0 Å². The SMILES string of the molecule is Fc1ccc(Cn2cnc(-c3cccc(I)c3)n2)c(Br)c1. The highest BCUT2D eigenvalue weighted by Crippen LogP contribution is 2.20. The summed E-state index contributed by atoms with van der Waals surface area (Å²) in [6.45, 7) is 0.539. The van der Waals surface area contributed by atoms with Crippen molar-refractivity contribution in [3.63, 3.8) is 0 Å². The van der Waals surface area contributed by atoms with Crippen molar-refractivity contribution in [3.8, 4) is 11.4 Å². The van der Waals surface area contributed by atoms with Crippen molar-refractivity contribution in [2.45, 2.75) is 6.54 Å². The van der Waals surface area contributed by atoms with Gasteiger partial charge < -0.3 is 0 Å². The van der Waals surface area contributed by atoms with E-state index in [4.69, 9.17) is 0 Å². The Bertz CT molecular complexity index is 788. The van der Waals surface area contributed by atoms with Crippen molar-refractivity contribution in [1.82, 2.24) is 14.8 Å². The molecular weight excluding hydrogens is 448 g/mol. The molecule has 0 fully saturated rings. The van der Waals surface area contributed by atoms with E-state index in [2.05, 4.69) is 48.6 Å². The van der Waals surface area contributed by atoms with Gasteiger partial charge in [-0.05, 0) is 52.4 Å². The highest BCUT2D eigenvalue weighted by Gasteiger charge is 2.07. The van der Waals surface area contributed by atoms with Gasteiger partial charge in [-0.3, -0.25) is 0 Å². The molecule has 0 saturated heterocycles. The summed E-state index contributed by atoms with van der Waals surface area (Å²) in [7, 11) is 0. The lowest BCUT2D eigenvalue weighted by Crippen LogP contribution is -2.01. The topological polar surface area (TPSA) is 30.7 Å². The summed E-state index contributed by atoms with van der Waals surface area (Å²) in [6.07, 6.45) is 1.69. The smallest absolute Gasteiger partial charge is 0.181 e. The maximum absolute atomic E-state index is 13.1. The van der Waals surface area contributed by atoms with Crippen LogP contribution in [-0.2, 0) is 6.54 Å². The second-order valence-corrected chi connectivity index (χ2v) is 6.61. The van der Waals surface area contributed by atoms with Gasteiger partial charge in [0.05, 0.1) is 6.54 Å². The van der Waals surface area contributed by atoms with Crippen molar-refractivity contribution in [3.05, 3.63) is 68.2 Å². The maximum Gasteiger partial charge on any atom is 0.181 e. The van der Waals surface area contributed by atoms with E-state index in [0.29, 0.717) is 12.4 Å². The third-order valence-electron chi connectivity index (χ3n) is 2.97. The van der Waals surface area contributed by atoms with Crippen LogP contribution in [0.25, 0.3) is 11.4 Å². The lowest BCUT2D eigenvalue weighted by Gasteiger charge is -2.04. The molecule has 6 heteroatoms. The monoisotopic (exact) mass is 457 g/mol. The first-order chi connectivity index (χ1) is 10.1. The zero-order chi connectivity index (χ0) is 14.8. The molecule has 0 amide bonds. The molecule has 0 saturated carbocycles. The third kappa shape index (κ3) is 3.49. The fourth-order valence-electron chi connectivity index (χ4n) is 1.96. The summed E-state index contributed by atoms with van der Waals surface area (Å²) in [4.78, 5) is 4.33. The van der Waals surface area contributed by atoms with Gasteiger partial charge in [-0.15, -0.1) is 0 Å². The van der Waals surface area contributed by atoms with Crippen LogP contribution in [0, 0.1) is 9.39 Å². The van der Waals surface area contributed by atoms with Gasteiger partial charge in [0.25, 0.3) is 0 Å². The Morgan fingerprint density at radius 3 is 2.81 bits per heavy atom. The zero-order valence-corrected chi connectivity index (χ0v) is 14.5. The summed E-state index contributed by atoms with van der Waals surface area (Å²) >= 11 is 5.62. The molecule has 1 heterocycles. The largest absolute Gasteiger partial charge is 0.248 e. The Labute approximate surface area is 143 Å². The van der Waals surface area contributed by atoms with Crippen molar-refractivity contribution in [2.75, 3.05) is 0 Å². The molecule has 106 valence electrons. The summed E-state index contributed by atoms with van der Waals surface area (Å²) < 4.78 is 16.7. The van der Waals surface area contributed by atoms with Gasteiger partial charge in [0.1, 0.15) is 12.1 Å². The van der Waals surface area contributed by atoms with Crippen molar-refractivity contribution in [2.24, 2.45) is 0 Å². The molecule has 2 aromatic carbocycles. The van der Waals surface area contributed by atoms with E-state index in [1.807, 2.05) is 24.3 Å². The Balaban J connectivity index is 1.85. The zero-order valence-electron chi connectivity index (χ0n) is 10.8. The van der Waals surface area contributed by atoms with Gasteiger partial charge in [-0.1, -0.05) is 34.1 Å². The maximum atomic E-state index is 13.1. The molecule has 0 aliphatic carbocycles. The summed E-state index contributed by atoms with van der Waals surface area (Å²) in [5, 5.41) is 4.47. The van der Waals surface area contributed by atoms with Crippen LogP contribution in [0.5, 0.6) is 0 Å². The number of hydrogen-bond acceptors (Lipinski definition) is 2. The number of rotatable bonds is 3. The molecule has 0 unspecified atom stereocenters. The summed E-state index contributed by atoms with van der Waals surface area (Å²) in [5.41, 5.74) is 1.94. The average Bonchev–Trinajstić information content (AvgIpc) is 2.91. The van der Waals surface area contributed by atoms with Crippen LogP contribution < -0.4 is 0 Å². The van der Waals surface area contributed by atoms with Gasteiger partial charge in [-0.25, -0.2) is 14.1 Å². The minimum atomic E-state index is -0.260. The average molecular weight is 458 g/mol. The molecule has 3 rings (SSSR count). The van der Waals surface area contributed by atoms with E-state index in [-0.39, 0.29) is 5.82 Å². The van der Waals surface area contributed by atoms with Gasteiger partial charge in [0, 0.05) is 13.6 Å². The van der Waals surface area contributed by atoms with Crippen molar-refractivity contribution in [1.29, 1.82) is 0 Å². The Morgan fingerprint density at radius 2 is 2.05 bits per heavy atom. The molecule has 0 atom stereocenters. The van der Waals surface area contributed by atoms with Crippen LogP contribution in [-0.4, -0.2) is 14.8 Å². The van der Waals surface area contributed by atoms with Crippen LogP contribution in [0.3, 0.4) is 0 Å². The minimum absolute atomic E-state index is 0.260. The Kier molecular flexibility index (Phi) is 4.34. The van der Waals surface area contributed by atoms with Gasteiger partial charge >= 0.3 is 0 Å².